The fourth-order valence-electron chi connectivity index (χ4n) is 3.56. The van der Waals surface area contributed by atoms with Crippen LogP contribution in [0.25, 0.3) is 0 Å². The fraction of sp³-hybridized carbons (Fsp3) is 0.400. The number of nitrogens with one attached hydrogen (secondary N) is 1. The van der Waals surface area contributed by atoms with Gasteiger partial charge in [0.2, 0.25) is 11.8 Å². The molecule has 160 valence electrons. The molecule has 0 radical (unpaired) electrons. The second-order valence-corrected chi connectivity index (χ2v) is 7.94. The minimum absolute atomic E-state index is 0.0501. The molecule has 0 unspecified atom stereocenters. The van der Waals surface area contributed by atoms with Gasteiger partial charge in [-0.25, -0.2) is 0 Å². The zero-order valence-electron chi connectivity index (χ0n) is 18.7. The van der Waals surface area contributed by atoms with Crippen LogP contribution in [0.4, 0.5) is 5.69 Å². The van der Waals surface area contributed by atoms with Crippen LogP contribution in [-0.4, -0.2) is 36.1 Å². The number of hydrogen-bond acceptors (Lipinski definition) is 3. The summed E-state index contributed by atoms with van der Waals surface area (Å²) in [5.74, 6) is -0.535. The van der Waals surface area contributed by atoms with Crippen LogP contribution in [-0.2, 0) is 16.0 Å². The third-order valence-electron chi connectivity index (χ3n) is 5.13. The third-order valence-corrected chi connectivity index (χ3v) is 5.13. The average molecular weight is 409 g/mol. The van der Waals surface area contributed by atoms with Crippen LogP contribution in [0.3, 0.4) is 0 Å². The van der Waals surface area contributed by atoms with Gasteiger partial charge in [-0.15, -0.1) is 0 Å². The van der Waals surface area contributed by atoms with E-state index < -0.39 is 0 Å². The first-order valence-electron chi connectivity index (χ1n) is 10.4. The van der Waals surface area contributed by atoms with E-state index in [1.807, 2.05) is 57.2 Å². The molecule has 0 saturated heterocycles. The number of benzene rings is 2. The lowest BCUT2D eigenvalue weighted by Crippen LogP contribution is -2.35. The van der Waals surface area contributed by atoms with Gasteiger partial charge in [0.1, 0.15) is 0 Å². The molecule has 2 rings (SSSR count). The van der Waals surface area contributed by atoms with E-state index in [1.165, 1.54) is 10.5 Å². The Morgan fingerprint density at radius 3 is 2.10 bits per heavy atom. The van der Waals surface area contributed by atoms with Crippen molar-refractivity contribution in [3.8, 4) is 0 Å². The zero-order valence-corrected chi connectivity index (χ0v) is 18.7. The predicted molar refractivity (Wildman–Crippen MR) is 121 cm³/mol. The predicted octanol–water partition coefficient (Wildman–Crippen LogP) is 4.62. The highest BCUT2D eigenvalue weighted by molar-refractivity contribution is 5.99. The molecule has 5 heteroatoms. The number of rotatable bonds is 9. The molecule has 0 atom stereocenters. The molecule has 0 aromatic heterocycles. The number of ketones is 1. The summed E-state index contributed by atoms with van der Waals surface area (Å²) in [6, 6.07) is 11.6. The summed E-state index contributed by atoms with van der Waals surface area (Å²) < 4.78 is 0. The van der Waals surface area contributed by atoms with Crippen molar-refractivity contribution in [2.24, 2.45) is 0 Å². The summed E-state index contributed by atoms with van der Waals surface area (Å²) in [6.45, 7) is 7.98. The van der Waals surface area contributed by atoms with Crippen LogP contribution in [0.15, 0.2) is 36.4 Å². The van der Waals surface area contributed by atoms with Crippen LogP contribution in [0.1, 0.15) is 58.8 Å². The molecule has 0 saturated carbocycles. The molecule has 2 aromatic carbocycles. The molecular weight excluding hydrogens is 376 g/mol. The Morgan fingerprint density at radius 1 is 0.933 bits per heavy atom. The zero-order chi connectivity index (χ0) is 22.3. The van der Waals surface area contributed by atoms with Crippen molar-refractivity contribution in [2.45, 2.75) is 53.4 Å². The molecule has 0 fully saturated rings. The molecule has 5 nitrogen and oxygen atoms in total. The Kier molecular flexibility index (Phi) is 8.34. The second-order valence-electron chi connectivity index (χ2n) is 7.94. The summed E-state index contributed by atoms with van der Waals surface area (Å²) in [5.41, 5.74) is 5.73. The largest absolute Gasteiger partial charge is 0.336 e. The van der Waals surface area contributed by atoms with Gasteiger partial charge in [0.15, 0.2) is 5.78 Å². The lowest BCUT2D eigenvalue weighted by molar-refractivity contribution is -0.133. The van der Waals surface area contributed by atoms with E-state index in [9.17, 15) is 14.4 Å². The third kappa shape index (κ3) is 6.55. The molecule has 0 aliphatic rings. The van der Waals surface area contributed by atoms with Crippen molar-refractivity contribution >= 4 is 23.3 Å². The van der Waals surface area contributed by atoms with Crippen LogP contribution in [0, 0.1) is 20.8 Å². The quantitative estimate of drug-likeness (QED) is 0.616. The molecule has 0 bridgehead atoms. The number of aryl methyl sites for hydroxylation is 4. The van der Waals surface area contributed by atoms with Crippen molar-refractivity contribution < 1.29 is 14.4 Å². The smallest absolute Gasteiger partial charge is 0.243 e. The number of amides is 2. The van der Waals surface area contributed by atoms with Crippen molar-refractivity contribution in [3.05, 3.63) is 64.2 Å². The average Bonchev–Trinajstić information content (AvgIpc) is 2.69. The van der Waals surface area contributed by atoms with Gasteiger partial charge in [0, 0.05) is 31.1 Å². The van der Waals surface area contributed by atoms with Crippen LogP contribution in [0.2, 0.25) is 0 Å². The first-order chi connectivity index (χ1) is 14.2. The number of carbonyl (C=O) groups is 3. The van der Waals surface area contributed by atoms with E-state index in [4.69, 9.17) is 0 Å². The molecule has 0 spiro atoms. The highest BCUT2D eigenvalue weighted by Crippen LogP contribution is 2.21. The highest BCUT2D eigenvalue weighted by Gasteiger charge is 2.16. The SMILES string of the molecule is CCCc1ccc(C(=O)CCC(=O)N(C)CC(=O)Nc2c(C)cc(C)cc2C)cc1. The van der Waals surface area contributed by atoms with E-state index in [0.29, 0.717) is 5.56 Å². The lowest BCUT2D eigenvalue weighted by Gasteiger charge is -2.18. The summed E-state index contributed by atoms with van der Waals surface area (Å²) in [7, 11) is 1.58. The lowest BCUT2D eigenvalue weighted by atomic mass is 10.0. The van der Waals surface area contributed by atoms with E-state index in [-0.39, 0.29) is 37.0 Å². The number of Topliss-reactive ketones (excluding diaryl/α,β-unsaturated/α-hetero) is 1. The molecule has 0 heterocycles. The number of nitrogens with zero attached hydrogens (tertiary/aromatic N) is 1. The van der Waals surface area contributed by atoms with E-state index in [2.05, 4.69) is 12.2 Å². The minimum atomic E-state index is -0.251. The maximum Gasteiger partial charge on any atom is 0.243 e. The maximum absolute atomic E-state index is 12.4. The summed E-state index contributed by atoms with van der Waals surface area (Å²) in [6.07, 6.45) is 2.27. The molecule has 30 heavy (non-hydrogen) atoms. The van der Waals surface area contributed by atoms with E-state index in [1.54, 1.807) is 7.05 Å². The van der Waals surface area contributed by atoms with Gasteiger partial charge >= 0.3 is 0 Å². The van der Waals surface area contributed by atoms with E-state index >= 15 is 0 Å². The standard InChI is InChI=1S/C25H32N2O3/c1-6-7-20-8-10-21(11-9-20)22(28)12-13-24(30)27(5)16-23(29)26-25-18(3)14-17(2)15-19(25)4/h8-11,14-15H,6-7,12-13,16H2,1-5H3,(H,26,29). The van der Waals surface area contributed by atoms with Crippen LogP contribution < -0.4 is 5.32 Å². The van der Waals surface area contributed by atoms with Crippen molar-refractivity contribution in [1.29, 1.82) is 0 Å². The van der Waals surface area contributed by atoms with Crippen molar-refractivity contribution in [3.63, 3.8) is 0 Å². The summed E-state index contributed by atoms with van der Waals surface area (Å²) >= 11 is 0. The number of likely N-dealkylation sites (N-methyl/N-ethyl adjacent to an activating group) is 1. The Labute approximate surface area is 179 Å². The molecule has 2 amide bonds. The van der Waals surface area contributed by atoms with Gasteiger partial charge in [-0.1, -0.05) is 55.3 Å². The van der Waals surface area contributed by atoms with Gasteiger partial charge in [0.25, 0.3) is 0 Å². The van der Waals surface area contributed by atoms with Crippen LogP contribution in [0.5, 0.6) is 0 Å². The van der Waals surface area contributed by atoms with Gasteiger partial charge in [-0.3, -0.25) is 14.4 Å². The summed E-state index contributed by atoms with van der Waals surface area (Å²) in [5, 5.41) is 2.90. The molecule has 1 N–H and O–H groups in total. The monoisotopic (exact) mass is 408 g/mol. The Balaban J connectivity index is 1.85. The Bertz CT molecular complexity index is 893. The fourth-order valence-corrected chi connectivity index (χ4v) is 3.56. The second kappa shape index (κ2) is 10.7. The van der Waals surface area contributed by atoms with Gasteiger partial charge in [-0.2, -0.15) is 0 Å². The topological polar surface area (TPSA) is 66.5 Å². The van der Waals surface area contributed by atoms with Gasteiger partial charge < -0.3 is 10.2 Å². The number of carbonyl (C=O) groups excluding carboxylic acids is 3. The number of hydrogen-bond donors (Lipinski definition) is 1. The Morgan fingerprint density at radius 2 is 1.53 bits per heavy atom. The Hall–Kier alpha value is -2.95. The molecule has 0 aliphatic heterocycles. The van der Waals surface area contributed by atoms with Crippen LogP contribution >= 0.6 is 0 Å². The van der Waals surface area contributed by atoms with Crippen molar-refractivity contribution in [2.75, 3.05) is 18.9 Å². The first-order valence-corrected chi connectivity index (χ1v) is 10.4. The molecule has 0 aliphatic carbocycles. The van der Waals surface area contributed by atoms with Crippen molar-refractivity contribution in [1.82, 2.24) is 4.90 Å². The molecular formula is C25H32N2O3. The van der Waals surface area contributed by atoms with Gasteiger partial charge in [-0.05, 0) is 43.9 Å². The maximum atomic E-state index is 12.4. The first kappa shape index (κ1) is 23.3. The minimum Gasteiger partial charge on any atom is -0.336 e. The normalized spacial score (nSPS) is 10.6. The number of anilines is 1. The summed E-state index contributed by atoms with van der Waals surface area (Å²) in [4.78, 5) is 38.5. The molecule has 2 aromatic rings. The highest BCUT2D eigenvalue weighted by atomic mass is 16.2. The van der Waals surface area contributed by atoms with Gasteiger partial charge in [0.05, 0.1) is 6.54 Å². The van der Waals surface area contributed by atoms with E-state index in [0.717, 1.165) is 35.2 Å².